The van der Waals surface area contributed by atoms with E-state index in [1.54, 1.807) is 0 Å². The van der Waals surface area contributed by atoms with E-state index in [0.717, 1.165) is 24.7 Å². The Morgan fingerprint density at radius 3 is 1.29 bits per heavy atom. The van der Waals surface area contributed by atoms with Crippen LogP contribution in [-0.2, 0) is 43.4 Å². The average molecular weight is 818 g/mol. The minimum absolute atomic E-state index is 0.0198. The van der Waals surface area contributed by atoms with Crippen molar-refractivity contribution < 1.29 is 58.6 Å². The summed E-state index contributed by atoms with van der Waals surface area (Å²) in [6.07, 6.45) is 3.12. The molecule has 0 saturated heterocycles. The van der Waals surface area contributed by atoms with Crippen LogP contribution in [0.3, 0.4) is 0 Å². The fraction of sp³-hybridized carbons (Fsp3) is 0.444. The van der Waals surface area contributed by atoms with Gasteiger partial charge in [0.25, 0.3) is 40.3 Å². The lowest BCUT2D eigenvalue weighted by Crippen LogP contribution is -2.65. The van der Waals surface area contributed by atoms with Gasteiger partial charge in [0.15, 0.2) is 17.2 Å². The number of ether oxygens (including phenoxy) is 3. The average Bonchev–Trinajstić information content (AvgIpc) is 3.20. The first-order valence-electron chi connectivity index (χ1n) is 17.8. The van der Waals surface area contributed by atoms with Gasteiger partial charge in [0.2, 0.25) is 5.54 Å². The summed E-state index contributed by atoms with van der Waals surface area (Å²) < 4.78 is 18.1. The maximum atomic E-state index is 14.2. The highest BCUT2D eigenvalue weighted by atomic mass is 16.5. The Morgan fingerprint density at radius 2 is 0.983 bits per heavy atom. The fourth-order valence-corrected chi connectivity index (χ4v) is 5.57. The SMILES string of the molecule is CCC(NC(=O)c1ccn(CCOC)c(=O)c1O)(C(=O)O)C(=O)N(CCNC(=O)c1ccn(CCOC)c(=O)c1O)CCNC(=O)c1ccn(CCOC)c(=O)c1O. The van der Waals surface area contributed by atoms with Crippen LogP contribution < -0.4 is 32.6 Å². The van der Waals surface area contributed by atoms with Crippen molar-refractivity contribution in [1.29, 1.82) is 0 Å². The molecule has 0 aromatic carbocycles. The van der Waals surface area contributed by atoms with Crippen molar-refractivity contribution in [2.45, 2.75) is 38.5 Å². The number of nitrogens with zero attached hydrogens (tertiary/aromatic N) is 4. The van der Waals surface area contributed by atoms with E-state index in [0.29, 0.717) is 0 Å². The molecule has 0 saturated carbocycles. The minimum atomic E-state index is -2.74. The third-order valence-corrected chi connectivity index (χ3v) is 8.97. The van der Waals surface area contributed by atoms with Crippen LogP contribution in [0, 0.1) is 0 Å². The number of carboxylic acid groups (broad SMARTS) is 1. The number of aromatic hydroxyl groups is 3. The quantitative estimate of drug-likeness (QED) is 0.0534. The number of hydrogen-bond acceptors (Lipinski definition) is 14. The maximum absolute atomic E-state index is 14.2. The summed E-state index contributed by atoms with van der Waals surface area (Å²) in [5, 5.41) is 48.8. The van der Waals surface area contributed by atoms with Crippen LogP contribution in [-0.4, -0.2) is 141 Å². The highest BCUT2D eigenvalue weighted by Crippen LogP contribution is 2.20. The largest absolute Gasteiger partial charge is 0.502 e. The maximum Gasteiger partial charge on any atom is 0.339 e. The molecule has 0 aliphatic rings. The first kappa shape index (κ1) is 45.9. The Balaban J connectivity index is 1.91. The summed E-state index contributed by atoms with van der Waals surface area (Å²) >= 11 is 0. The molecule has 316 valence electrons. The van der Waals surface area contributed by atoms with Gasteiger partial charge in [-0.15, -0.1) is 0 Å². The van der Waals surface area contributed by atoms with E-state index >= 15 is 0 Å². The van der Waals surface area contributed by atoms with Crippen LogP contribution in [0.2, 0.25) is 0 Å². The number of amides is 4. The summed E-state index contributed by atoms with van der Waals surface area (Å²) in [5.41, 5.74) is -6.92. The number of aliphatic carboxylic acids is 1. The lowest BCUT2D eigenvalue weighted by molar-refractivity contribution is -0.155. The monoisotopic (exact) mass is 817 g/mol. The Morgan fingerprint density at radius 1 is 0.638 bits per heavy atom. The summed E-state index contributed by atoms with van der Waals surface area (Å²) in [6, 6.07) is 3.41. The molecule has 3 aromatic heterocycles. The lowest BCUT2D eigenvalue weighted by atomic mass is 9.93. The van der Waals surface area contributed by atoms with E-state index in [9.17, 15) is 58.8 Å². The Hall–Kier alpha value is -6.52. The summed E-state index contributed by atoms with van der Waals surface area (Å²) in [5.74, 6) is -9.01. The molecule has 0 spiro atoms. The molecule has 4 amide bonds. The van der Waals surface area contributed by atoms with Crippen molar-refractivity contribution in [3.05, 3.63) is 84.5 Å². The van der Waals surface area contributed by atoms with E-state index < -0.39 is 118 Å². The number of aromatic nitrogens is 3. The number of pyridine rings is 3. The van der Waals surface area contributed by atoms with Gasteiger partial charge in [-0.3, -0.25) is 33.6 Å². The van der Waals surface area contributed by atoms with Gasteiger partial charge in [0.05, 0.1) is 36.5 Å². The van der Waals surface area contributed by atoms with Gasteiger partial charge in [0.1, 0.15) is 0 Å². The number of carboxylic acids is 1. The molecule has 3 rings (SSSR count). The van der Waals surface area contributed by atoms with Crippen LogP contribution in [0.25, 0.3) is 0 Å². The smallest absolute Gasteiger partial charge is 0.339 e. The Labute approximate surface area is 330 Å². The zero-order valence-corrected chi connectivity index (χ0v) is 32.3. The number of carbonyl (C=O) groups is 5. The van der Waals surface area contributed by atoms with Crippen molar-refractivity contribution >= 4 is 29.6 Å². The van der Waals surface area contributed by atoms with Crippen molar-refractivity contribution in [3.8, 4) is 17.2 Å². The number of methoxy groups -OCH3 is 3. The molecular formula is C36H47N7O15. The molecule has 0 aliphatic heterocycles. The van der Waals surface area contributed by atoms with Crippen molar-refractivity contribution in [3.63, 3.8) is 0 Å². The van der Waals surface area contributed by atoms with E-state index in [1.165, 1.54) is 59.0 Å². The number of rotatable bonds is 22. The second kappa shape index (κ2) is 21.1. The Kier molecular flexibility index (Phi) is 16.7. The molecule has 0 radical (unpaired) electrons. The Bertz CT molecular complexity index is 2070. The molecule has 3 heterocycles. The molecule has 0 bridgehead atoms. The first-order valence-corrected chi connectivity index (χ1v) is 17.8. The molecule has 22 nitrogen and oxygen atoms in total. The minimum Gasteiger partial charge on any atom is -0.502 e. The van der Waals surface area contributed by atoms with Crippen molar-refractivity contribution in [2.24, 2.45) is 0 Å². The fourth-order valence-electron chi connectivity index (χ4n) is 5.57. The summed E-state index contributed by atoms with van der Waals surface area (Å²) in [4.78, 5) is 105. The van der Waals surface area contributed by atoms with E-state index in [4.69, 9.17) is 14.2 Å². The zero-order valence-electron chi connectivity index (χ0n) is 32.3. The van der Waals surface area contributed by atoms with Gasteiger partial charge in [-0.2, -0.15) is 0 Å². The number of carbonyl (C=O) groups excluding carboxylic acids is 4. The first-order chi connectivity index (χ1) is 27.6. The normalized spacial score (nSPS) is 12.0. The van der Waals surface area contributed by atoms with Crippen LogP contribution in [0.1, 0.15) is 44.4 Å². The zero-order chi connectivity index (χ0) is 43.2. The molecule has 0 aliphatic carbocycles. The van der Waals surface area contributed by atoms with Gasteiger partial charge in [-0.1, -0.05) is 6.92 Å². The highest BCUT2D eigenvalue weighted by molar-refractivity contribution is 6.11. The van der Waals surface area contributed by atoms with Gasteiger partial charge >= 0.3 is 5.97 Å². The molecule has 22 heteroatoms. The van der Waals surface area contributed by atoms with E-state index in [2.05, 4.69) is 16.0 Å². The molecule has 0 fully saturated rings. The molecule has 3 aromatic rings. The van der Waals surface area contributed by atoms with Crippen LogP contribution in [0.15, 0.2) is 51.2 Å². The second-order valence-electron chi connectivity index (χ2n) is 12.5. The summed E-state index contributed by atoms with van der Waals surface area (Å²) in [6.45, 7) is 0.0683. The topological polar surface area (TPSA) is 299 Å². The van der Waals surface area contributed by atoms with Gasteiger partial charge < -0.3 is 69.2 Å². The van der Waals surface area contributed by atoms with Gasteiger partial charge in [-0.05, 0) is 24.6 Å². The van der Waals surface area contributed by atoms with Crippen molar-refractivity contribution in [1.82, 2.24) is 34.6 Å². The molecule has 58 heavy (non-hydrogen) atoms. The van der Waals surface area contributed by atoms with Gasteiger partial charge in [-0.25, -0.2) is 4.79 Å². The molecular weight excluding hydrogens is 770 g/mol. The van der Waals surface area contributed by atoms with Crippen LogP contribution in [0.4, 0.5) is 0 Å². The predicted molar refractivity (Wildman–Crippen MR) is 202 cm³/mol. The predicted octanol–water partition coefficient (Wildman–Crippen LogP) is -2.12. The van der Waals surface area contributed by atoms with Crippen LogP contribution in [0.5, 0.6) is 17.2 Å². The van der Waals surface area contributed by atoms with Gasteiger partial charge in [0, 0.05) is 85.7 Å². The van der Waals surface area contributed by atoms with Crippen molar-refractivity contribution in [2.75, 3.05) is 67.3 Å². The highest BCUT2D eigenvalue weighted by Gasteiger charge is 2.49. The third-order valence-electron chi connectivity index (χ3n) is 8.97. The standard InChI is InChI=1S/C36H47N7O15/c1-5-36(35(54)55,39-30(49)24-8-13-42(18-21-58-4)33(52)27(24)46)34(53)43(14-9-37-28(47)22-6-11-40(16-19-56-2)31(50)25(22)44)15-10-38-29(48)23-7-12-41(17-20-57-3)32(51)26(23)45/h6-8,11-13,44-46H,5,9-10,14-21H2,1-4H3,(H,37,47)(H,38,48)(H,39,49)(H,54,55). The molecule has 1 unspecified atom stereocenters. The molecule has 7 N–H and O–H groups in total. The second-order valence-corrected chi connectivity index (χ2v) is 12.5. The lowest BCUT2D eigenvalue weighted by Gasteiger charge is -2.34. The molecule has 1 atom stereocenters. The van der Waals surface area contributed by atoms with E-state index in [1.807, 2.05) is 0 Å². The third kappa shape index (κ3) is 10.7. The summed E-state index contributed by atoms with van der Waals surface area (Å²) in [7, 11) is 4.22. The number of hydrogen-bond donors (Lipinski definition) is 7. The van der Waals surface area contributed by atoms with E-state index in [-0.39, 0.29) is 39.5 Å². The number of nitrogens with one attached hydrogen (secondary N) is 3. The van der Waals surface area contributed by atoms with Crippen LogP contribution >= 0.6 is 0 Å².